The molecule has 1 aromatic carbocycles. The number of alkyl halides is 3. The van der Waals surface area contributed by atoms with Crippen LogP contribution in [0.5, 0.6) is 0 Å². The van der Waals surface area contributed by atoms with E-state index in [9.17, 15) is 8.78 Å². The molecule has 3 heteroatoms. The molecule has 1 fully saturated rings. The molecule has 0 aliphatic heterocycles. The lowest BCUT2D eigenvalue weighted by molar-refractivity contribution is 0.151. The van der Waals surface area contributed by atoms with Crippen molar-refractivity contribution in [3.05, 3.63) is 35.4 Å². The number of halogens is 3. The van der Waals surface area contributed by atoms with Crippen molar-refractivity contribution < 1.29 is 8.78 Å². The van der Waals surface area contributed by atoms with Gasteiger partial charge in [0.15, 0.2) is 0 Å². The molecule has 76 valence electrons. The molecule has 0 aromatic heterocycles. The smallest absolute Gasteiger partial charge is 0.205 e. The van der Waals surface area contributed by atoms with Gasteiger partial charge in [0.1, 0.15) is 0 Å². The van der Waals surface area contributed by atoms with Gasteiger partial charge in [0, 0.05) is 10.9 Å². The second kappa shape index (κ2) is 3.97. The van der Waals surface area contributed by atoms with Gasteiger partial charge in [0.2, 0.25) is 0 Å². The summed E-state index contributed by atoms with van der Waals surface area (Å²) in [7, 11) is 0. The maximum absolute atomic E-state index is 12.3. The van der Waals surface area contributed by atoms with Gasteiger partial charge in [-0.15, -0.1) is 0 Å². The first-order valence-corrected chi connectivity index (χ1v) is 5.78. The minimum Gasteiger partial charge on any atom is -0.205 e. The average molecular weight is 261 g/mol. The van der Waals surface area contributed by atoms with Crippen LogP contribution in [0.1, 0.15) is 29.9 Å². The maximum atomic E-state index is 12.3. The normalized spacial score (nSPS) is 25.4. The van der Waals surface area contributed by atoms with Gasteiger partial charge in [0.25, 0.3) is 6.43 Å². The molecule has 2 atom stereocenters. The van der Waals surface area contributed by atoms with Gasteiger partial charge in [-0.3, -0.25) is 0 Å². The summed E-state index contributed by atoms with van der Waals surface area (Å²) < 4.78 is 24.5. The maximum Gasteiger partial charge on any atom is 0.263 e. The molecule has 1 aliphatic carbocycles. The van der Waals surface area contributed by atoms with Crippen molar-refractivity contribution >= 4 is 15.9 Å². The first-order chi connectivity index (χ1) is 6.72. The van der Waals surface area contributed by atoms with Crippen molar-refractivity contribution in [2.45, 2.75) is 18.8 Å². The van der Waals surface area contributed by atoms with E-state index in [4.69, 9.17) is 0 Å². The molecule has 0 heterocycles. The van der Waals surface area contributed by atoms with Crippen molar-refractivity contribution in [2.24, 2.45) is 5.92 Å². The van der Waals surface area contributed by atoms with E-state index in [1.54, 1.807) is 0 Å². The molecule has 2 rings (SSSR count). The van der Waals surface area contributed by atoms with E-state index < -0.39 is 6.43 Å². The molecule has 0 spiro atoms. The molecule has 0 nitrogen and oxygen atoms in total. The van der Waals surface area contributed by atoms with Crippen LogP contribution in [0, 0.1) is 5.92 Å². The SMILES string of the molecule is FC(F)c1ccc(C2CC2CBr)cc1. The van der Waals surface area contributed by atoms with E-state index in [0.717, 1.165) is 5.33 Å². The molecule has 0 amide bonds. The van der Waals surface area contributed by atoms with Gasteiger partial charge < -0.3 is 0 Å². The molecule has 0 saturated heterocycles. The Bertz CT molecular complexity index is 308. The summed E-state index contributed by atoms with van der Waals surface area (Å²) in [5.74, 6) is 1.29. The summed E-state index contributed by atoms with van der Waals surface area (Å²) in [6.07, 6.45) is -1.17. The molecule has 0 N–H and O–H groups in total. The second-order valence-electron chi connectivity index (χ2n) is 3.72. The highest BCUT2D eigenvalue weighted by molar-refractivity contribution is 9.09. The lowest BCUT2D eigenvalue weighted by atomic mass is 10.1. The Balaban J connectivity index is 2.08. The molecule has 0 radical (unpaired) electrons. The van der Waals surface area contributed by atoms with Crippen molar-refractivity contribution in [3.63, 3.8) is 0 Å². The number of hydrogen-bond acceptors (Lipinski definition) is 0. The molecule has 1 aliphatic rings. The Kier molecular flexibility index (Phi) is 2.86. The molecule has 1 aromatic rings. The second-order valence-corrected chi connectivity index (χ2v) is 4.37. The zero-order chi connectivity index (χ0) is 10.1. The number of benzene rings is 1. The zero-order valence-electron chi connectivity index (χ0n) is 7.59. The van der Waals surface area contributed by atoms with Crippen LogP contribution < -0.4 is 0 Å². The van der Waals surface area contributed by atoms with Gasteiger partial charge in [-0.2, -0.15) is 0 Å². The average Bonchev–Trinajstić information content (AvgIpc) is 2.97. The van der Waals surface area contributed by atoms with Crippen molar-refractivity contribution in [3.8, 4) is 0 Å². The zero-order valence-corrected chi connectivity index (χ0v) is 9.18. The summed E-state index contributed by atoms with van der Waals surface area (Å²) in [5, 5.41) is 1.01. The highest BCUT2D eigenvalue weighted by atomic mass is 79.9. The van der Waals surface area contributed by atoms with Gasteiger partial charge in [-0.1, -0.05) is 40.2 Å². The fourth-order valence-corrected chi connectivity index (χ4v) is 2.43. The fourth-order valence-electron chi connectivity index (χ4n) is 1.72. The molecular formula is C11H11BrF2. The third-order valence-electron chi connectivity index (χ3n) is 2.74. The van der Waals surface area contributed by atoms with Crippen LogP contribution in [0.15, 0.2) is 24.3 Å². The Labute approximate surface area is 90.4 Å². The van der Waals surface area contributed by atoms with E-state index in [1.807, 2.05) is 12.1 Å². The van der Waals surface area contributed by atoms with E-state index in [2.05, 4.69) is 15.9 Å². The fraction of sp³-hybridized carbons (Fsp3) is 0.455. The summed E-state index contributed by atoms with van der Waals surface area (Å²) in [5.41, 5.74) is 1.31. The van der Waals surface area contributed by atoms with Gasteiger partial charge in [0.05, 0.1) is 0 Å². The molecule has 1 saturated carbocycles. The van der Waals surface area contributed by atoms with Gasteiger partial charge in [-0.05, 0) is 23.8 Å². The third kappa shape index (κ3) is 1.97. The Morgan fingerprint density at radius 3 is 2.36 bits per heavy atom. The Morgan fingerprint density at radius 2 is 1.93 bits per heavy atom. The predicted octanol–water partition coefficient (Wildman–Crippen LogP) is 4.12. The molecule has 2 unspecified atom stereocenters. The quantitative estimate of drug-likeness (QED) is 0.718. The summed E-state index contributed by atoms with van der Waals surface area (Å²) in [6.45, 7) is 0. The number of hydrogen-bond donors (Lipinski definition) is 0. The highest BCUT2D eigenvalue weighted by Crippen LogP contribution is 2.48. The van der Waals surface area contributed by atoms with Gasteiger partial charge in [-0.25, -0.2) is 8.78 Å². The van der Waals surface area contributed by atoms with E-state index >= 15 is 0 Å². The van der Waals surface area contributed by atoms with Crippen LogP contribution >= 0.6 is 15.9 Å². The van der Waals surface area contributed by atoms with E-state index in [0.29, 0.717) is 11.8 Å². The van der Waals surface area contributed by atoms with Crippen molar-refractivity contribution in [2.75, 3.05) is 5.33 Å². The van der Waals surface area contributed by atoms with E-state index in [-0.39, 0.29) is 5.56 Å². The topological polar surface area (TPSA) is 0 Å². The Hall–Kier alpha value is -0.440. The van der Waals surface area contributed by atoms with Crippen LogP contribution in [-0.2, 0) is 0 Å². The largest absolute Gasteiger partial charge is 0.263 e. The standard InChI is InChI=1S/C11H11BrF2/c12-6-9-5-10(9)7-1-3-8(4-2-7)11(13)14/h1-4,9-11H,5-6H2. The monoisotopic (exact) mass is 260 g/mol. The summed E-state index contributed by atoms with van der Waals surface area (Å²) >= 11 is 3.43. The Morgan fingerprint density at radius 1 is 1.29 bits per heavy atom. The summed E-state index contributed by atoms with van der Waals surface area (Å²) in [4.78, 5) is 0. The number of rotatable bonds is 3. The lowest BCUT2D eigenvalue weighted by Gasteiger charge is -2.02. The van der Waals surface area contributed by atoms with Gasteiger partial charge >= 0.3 is 0 Å². The van der Waals surface area contributed by atoms with Crippen molar-refractivity contribution in [1.82, 2.24) is 0 Å². The van der Waals surface area contributed by atoms with E-state index in [1.165, 1.54) is 24.1 Å². The minimum absolute atomic E-state index is 0.116. The first-order valence-electron chi connectivity index (χ1n) is 4.66. The lowest BCUT2D eigenvalue weighted by Crippen LogP contribution is -1.87. The van der Waals surface area contributed by atoms with Crippen LogP contribution in [0.4, 0.5) is 8.78 Å². The van der Waals surface area contributed by atoms with Crippen LogP contribution in [-0.4, -0.2) is 5.33 Å². The first kappa shape index (κ1) is 10.1. The highest BCUT2D eigenvalue weighted by Gasteiger charge is 2.36. The minimum atomic E-state index is -2.35. The predicted molar refractivity (Wildman–Crippen MR) is 56.0 cm³/mol. The van der Waals surface area contributed by atoms with Crippen LogP contribution in [0.2, 0.25) is 0 Å². The molecule has 14 heavy (non-hydrogen) atoms. The third-order valence-corrected chi connectivity index (χ3v) is 3.57. The van der Waals surface area contributed by atoms with Crippen LogP contribution in [0.3, 0.4) is 0 Å². The molecule has 0 bridgehead atoms. The van der Waals surface area contributed by atoms with Crippen LogP contribution in [0.25, 0.3) is 0 Å². The van der Waals surface area contributed by atoms with Crippen molar-refractivity contribution in [1.29, 1.82) is 0 Å². The summed E-state index contributed by atoms with van der Waals surface area (Å²) in [6, 6.07) is 6.72. The molecular weight excluding hydrogens is 250 g/mol.